The average molecular weight is 765 g/mol. The monoisotopic (exact) mass is 764 g/mol. The van der Waals surface area contributed by atoms with Crippen molar-refractivity contribution in [1.82, 2.24) is 40.6 Å². The van der Waals surface area contributed by atoms with E-state index in [-0.39, 0.29) is 35.1 Å². The van der Waals surface area contributed by atoms with Gasteiger partial charge in [-0.15, -0.1) is 0 Å². The number of carbonyl (C=O) groups excluding carboxylic acids is 3. The number of nitrogens with one attached hydrogen (secondary N) is 3. The molecular formula is C45H48N8O4. The Hall–Kier alpha value is -5.75. The molecule has 3 fully saturated rings. The molecule has 1 aliphatic carbocycles. The molecule has 3 atom stereocenters. The Balaban J connectivity index is 0.853. The highest BCUT2D eigenvalue weighted by atomic mass is 16.5. The minimum atomic E-state index is -0.403. The highest BCUT2D eigenvalue weighted by molar-refractivity contribution is 6.12. The van der Waals surface area contributed by atoms with Crippen LogP contribution in [0.3, 0.4) is 0 Å². The Morgan fingerprint density at radius 1 is 0.947 bits per heavy atom. The first-order valence-corrected chi connectivity index (χ1v) is 20.1. The fourth-order valence-corrected chi connectivity index (χ4v) is 9.05. The molecule has 1 unspecified atom stereocenters. The van der Waals surface area contributed by atoms with Crippen molar-refractivity contribution in [3.05, 3.63) is 107 Å². The average Bonchev–Trinajstić information content (AvgIpc) is 3.94. The van der Waals surface area contributed by atoms with E-state index in [0.717, 1.165) is 82.2 Å². The smallest absolute Gasteiger partial charge is 0.315 e. The van der Waals surface area contributed by atoms with Gasteiger partial charge < -0.3 is 14.8 Å². The van der Waals surface area contributed by atoms with Crippen LogP contribution in [0.5, 0.6) is 0 Å². The van der Waals surface area contributed by atoms with Gasteiger partial charge in [0, 0.05) is 40.9 Å². The number of imide groups is 1. The Labute approximate surface area is 331 Å². The molecule has 3 aromatic carbocycles. The third-order valence-electron chi connectivity index (χ3n) is 12.4. The molecule has 9 rings (SSSR count). The van der Waals surface area contributed by atoms with Crippen molar-refractivity contribution < 1.29 is 18.9 Å². The largest absolute Gasteiger partial charge is 0.341 e. The van der Waals surface area contributed by atoms with Crippen LogP contribution in [0.1, 0.15) is 128 Å². The SMILES string of the molecule is Cc1cc(-c2ncnc3[nH]c4cc(C5CCN(C6CC(c7ccc([C@H]8CCC(=O)NC8=O)cc7)C6)C5)ccc4c23)ccc1[C@@H](C)NC(=O)c1nc(C(C)(C)C)no1. The van der Waals surface area contributed by atoms with Gasteiger partial charge in [0.15, 0.2) is 5.82 Å². The molecule has 0 spiro atoms. The zero-order valence-electron chi connectivity index (χ0n) is 33.1. The number of nitrogens with zero attached hydrogens (tertiary/aromatic N) is 5. The van der Waals surface area contributed by atoms with Crippen molar-refractivity contribution in [2.75, 3.05) is 13.1 Å². The van der Waals surface area contributed by atoms with Crippen molar-refractivity contribution >= 4 is 39.7 Å². The topological polar surface area (TPSA) is 159 Å². The van der Waals surface area contributed by atoms with Gasteiger partial charge in [-0.2, -0.15) is 4.98 Å². The second-order valence-electron chi connectivity index (χ2n) is 17.3. The molecule has 3 aromatic heterocycles. The number of aromatic amines is 1. The lowest BCUT2D eigenvalue weighted by molar-refractivity contribution is -0.134. The van der Waals surface area contributed by atoms with E-state index in [0.29, 0.717) is 36.5 Å². The zero-order chi connectivity index (χ0) is 39.6. The second kappa shape index (κ2) is 14.3. The van der Waals surface area contributed by atoms with Crippen LogP contribution >= 0.6 is 0 Å². The van der Waals surface area contributed by atoms with Crippen LogP contribution in [0, 0.1) is 6.92 Å². The van der Waals surface area contributed by atoms with E-state index in [2.05, 4.69) is 90.2 Å². The van der Waals surface area contributed by atoms with Crippen LogP contribution in [-0.2, 0) is 15.0 Å². The van der Waals surface area contributed by atoms with Crippen LogP contribution in [0.2, 0.25) is 0 Å². The van der Waals surface area contributed by atoms with Crippen LogP contribution in [-0.4, -0.2) is 66.8 Å². The van der Waals surface area contributed by atoms with Gasteiger partial charge in [0.1, 0.15) is 12.0 Å². The first-order chi connectivity index (χ1) is 27.4. The summed E-state index contributed by atoms with van der Waals surface area (Å²) in [6.07, 6.45) is 6.03. The lowest BCUT2D eigenvalue weighted by Crippen LogP contribution is -2.42. The third-order valence-corrected chi connectivity index (χ3v) is 12.4. The summed E-state index contributed by atoms with van der Waals surface area (Å²) in [5.41, 5.74) is 9.09. The number of likely N-dealkylation sites (tertiary alicyclic amines) is 1. The highest BCUT2D eigenvalue weighted by Gasteiger charge is 2.38. The summed E-state index contributed by atoms with van der Waals surface area (Å²) >= 11 is 0. The molecule has 2 saturated heterocycles. The summed E-state index contributed by atoms with van der Waals surface area (Å²) in [4.78, 5) is 56.8. The van der Waals surface area contributed by atoms with Crippen molar-refractivity contribution in [3.8, 4) is 11.3 Å². The summed E-state index contributed by atoms with van der Waals surface area (Å²) in [6, 6.07) is 21.8. The van der Waals surface area contributed by atoms with E-state index in [9.17, 15) is 14.4 Å². The number of fused-ring (bicyclic) bond motifs is 3. The van der Waals surface area contributed by atoms with Gasteiger partial charge in [0.2, 0.25) is 11.8 Å². The molecule has 292 valence electrons. The van der Waals surface area contributed by atoms with Gasteiger partial charge in [-0.3, -0.25) is 24.6 Å². The maximum Gasteiger partial charge on any atom is 0.315 e. The fourth-order valence-electron chi connectivity index (χ4n) is 9.05. The van der Waals surface area contributed by atoms with E-state index in [1.54, 1.807) is 6.33 Å². The zero-order valence-corrected chi connectivity index (χ0v) is 33.1. The van der Waals surface area contributed by atoms with Gasteiger partial charge in [-0.25, -0.2) is 9.97 Å². The fraction of sp³-hybridized carbons (Fsp3) is 0.400. The quantitative estimate of drug-likeness (QED) is 0.133. The van der Waals surface area contributed by atoms with Crippen LogP contribution in [0.4, 0.5) is 0 Å². The van der Waals surface area contributed by atoms with Crippen LogP contribution in [0.25, 0.3) is 33.2 Å². The molecule has 12 nitrogen and oxygen atoms in total. The molecule has 3 aliphatic rings. The maximum atomic E-state index is 13.0. The number of hydrogen-bond acceptors (Lipinski definition) is 9. The molecule has 12 heteroatoms. The molecule has 0 bridgehead atoms. The number of carbonyl (C=O) groups is 3. The predicted octanol–water partition coefficient (Wildman–Crippen LogP) is 7.51. The third kappa shape index (κ3) is 7.00. The van der Waals surface area contributed by atoms with E-state index in [4.69, 9.17) is 9.51 Å². The van der Waals surface area contributed by atoms with Gasteiger partial charge in [-0.05, 0) is 97.9 Å². The van der Waals surface area contributed by atoms with Gasteiger partial charge in [-0.1, -0.05) is 74.5 Å². The van der Waals surface area contributed by atoms with Gasteiger partial charge in [0.05, 0.1) is 23.0 Å². The van der Waals surface area contributed by atoms with E-state index in [1.165, 1.54) is 11.1 Å². The van der Waals surface area contributed by atoms with Crippen LogP contribution < -0.4 is 10.6 Å². The molecule has 3 amide bonds. The lowest BCUT2D eigenvalue weighted by atomic mass is 9.74. The standard InChI is InChI=1S/C45H48N8O4/c1-24-18-29(11-12-33(24)25(2)48-42(56)43-51-44(52-57-43)45(3,4)5)39-38-35-13-10-28(21-36(35)49-40(38)47-23-46-39)30-16-17-53(22-30)32-19-31(20-32)26-6-8-27(9-7-26)34-14-15-37(54)50-41(34)55/h6-13,18,21,23,25,30-32,34H,14-17,19-20,22H2,1-5H3,(H,48,56)(H,46,47,49)(H,50,54,55)/t25-,30?,31?,32?,34-/m1/s1. The lowest BCUT2D eigenvalue weighted by Gasteiger charge is -2.42. The van der Waals surface area contributed by atoms with Crippen LogP contribution in [0.15, 0.2) is 71.5 Å². The van der Waals surface area contributed by atoms with E-state index < -0.39 is 5.91 Å². The Morgan fingerprint density at radius 2 is 1.72 bits per heavy atom. The molecule has 5 heterocycles. The minimum absolute atomic E-state index is 0.0433. The summed E-state index contributed by atoms with van der Waals surface area (Å²) in [5, 5.41) is 11.6. The van der Waals surface area contributed by atoms with Crippen molar-refractivity contribution in [1.29, 1.82) is 0 Å². The Kier molecular flexibility index (Phi) is 9.26. The van der Waals surface area contributed by atoms with Gasteiger partial charge >= 0.3 is 11.8 Å². The summed E-state index contributed by atoms with van der Waals surface area (Å²) in [5.74, 6) is 0.456. The first kappa shape index (κ1) is 36.9. The van der Waals surface area contributed by atoms with Gasteiger partial charge in [0.25, 0.3) is 0 Å². The number of H-pyrrole nitrogens is 1. The Bertz CT molecular complexity index is 2530. The first-order valence-electron chi connectivity index (χ1n) is 20.1. The number of amides is 3. The molecule has 0 radical (unpaired) electrons. The minimum Gasteiger partial charge on any atom is -0.341 e. The molecule has 1 saturated carbocycles. The van der Waals surface area contributed by atoms with E-state index >= 15 is 0 Å². The number of hydrogen-bond donors (Lipinski definition) is 3. The van der Waals surface area contributed by atoms with Crippen molar-refractivity contribution in [2.45, 2.75) is 102 Å². The number of aromatic nitrogens is 5. The summed E-state index contributed by atoms with van der Waals surface area (Å²) in [7, 11) is 0. The van der Waals surface area contributed by atoms with Crippen molar-refractivity contribution in [2.24, 2.45) is 0 Å². The number of rotatable bonds is 8. The molecule has 57 heavy (non-hydrogen) atoms. The number of benzene rings is 3. The maximum absolute atomic E-state index is 13.0. The molecule has 6 aromatic rings. The molecular weight excluding hydrogens is 717 g/mol. The number of aryl methyl sites for hydroxylation is 1. The molecule has 3 N–H and O–H groups in total. The second-order valence-corrected chi connectivity index (χ2v) is 17.3. The van der Waals surface area contributed by atoms with E-state index in [1.807, 2.05) is 40.7 Å². The van der Waals surface area contributed by atoms with Crippen molar-refractivity contribution in [3.63, 3.8) is 0 Å². The number of piperidine rings is 1. The highest BCUT2D eigenvalue weighted by Crippen LogP contribution is 2.44. The molecule has 2 aliphatic heterocycles. The predicted molar refractivity (Wildman–Crippen MR) is 217 cm³/mol. The summed E-state index contributed by atoms with van der Waals surface area (Å²) < 4.78 is 5.25. The summed E-state index contributed by atoms with van der Waals surface area (Å²) in [6.45, 7) is 12.1. The Morgan fingerprint density at radius 3 is 2.46 bits per heavy atom. The normalized spacial score (nSPS) is 22.1.